The Morgan fingerprint density at radius 3 is 2.52 bits per heavy atom. The van der Waals surface area contributed by atoms with Gasteiger partial charge in [0.2, 0.25) is 0 Å². The maximum atomic E-state index is 14.7. The van der Waals surface area contributed by atoms with Crippen LogP contribution in [-0.2, 0) is 5.75 Å². The van der Waals surface area contributed by atoms with E-state index in [1.165, 1.54) is 40.0 Å². The number of benzene rings is 2. The fourth-order valence-corrected chi connectivity index (χ4v) is 6.12. The molecule has 2 aliphatic rings. The number of urea groups is 1. The maximum Gasteiger partial charge on any atom is 0.341 e. The van der Waals surface area contributed by atoms with E-state index in [4.69, 9.17) is 4.74 Å². The first kappa shape index (κ1) is 27.8. The van der Waals surface area contributed by atoms with Gasteiger partial charge in [-0.05, 0) is 37.1 Å². The lowest BCUT2D eigenvalue weighted by molar-refractivity contribution is 0.0252. The predicted molar refractivity (Wildman–Crippen MR) is 152 cm³/mol. The van der Waals surface area contributed by atoms with Crippen molar-refractivity contribution in [1.29, 1.82) is 0 Å². The molecule has 0 unspecified atom stereocenters. The number of carbonyl (C=O) groups excluding carboxylic acids is 1. The van der Waals surface area contributed by atoms with Crippen molar-refractivity contribution in [2.24, 2.45) is 5.10 Å². The van der Waals surface area contributed by atoms with Crippen LogP contribution in [-0.4, -0.2) is 56.1 Å². The second kappa shape index (κ2) is 11.5. The summed E-state index contributed by atoms with van der Waals surface area (Å²) in [4.78, 5) is 19.5. The summed E-state index contributed by atoms with van der Waals surface area (Å²) in [5.74, 6) is -1.45. The minimum atomic E-state index is -0.763. The van der Waals surface area contributed by atoms with Crippen LogP contribution in [0.3, 0.4) is 0 Å². The molecule has 1 atom stereocenters. The smallest absolute Gasteiger partial charge is 0.341 e. The molecule has 1 saturated heterocycles. The molecule has 0 saturated carbocycles. The number of likely N-dealkylation sites (tertiary alicyclic amines) is 1. The highest BCUT2D eigenvalue weighted by atomic mass is 32.2. The first-order chi connectivity index (χ1) is 20.3. The Morgan fingerprint density at radius 2 is 1.79 bits per heavy atom. The first-order valence-corrected chi connectivity index (χ1v) is 14.4. The van der Waals surface area contributed by atoms with Gasteiger partial charge in [0.1, 0.15) is 17.7 Å². The zero-order valence-electron chi connectivity index (χ0n) is 22.9. The number of nitrogens with zero attached hydrogens (tertiary/aromatic N) is 6. The highest BCUT2D eigenvalue weighted by Crippen LogP contribution is 2.33. The van der Waals surface area contributed by atoms with E-state index >= 15 is 0 Å². The Hall–Kier alpha value is -4.32. The lowest BCUT2D eigenvalue weighted by Gasteiger charge is -2.40. The van der Waals surface area contributed by atoms with Crippen molar-refractivity contribution in [2.45, 2.75) is 43.1 Å². The maximum absolute atomic E-state index is 14.7. The summed E-state index contributed by atoms with van der Waals surface area (Å²) in [6.07, 6.45) is 2.82. The number of amides is 2. The number of hydrogen-bond donors (Lipinski definition) is 0. The van der Waals surface area contributed by atoms with E-state index in [9.17, 15) is 18.0 Å². The van der Waals surface area contributed by atoms with Crippen molar-refractivity contribution >= 4 is 24.0 Å². The number of aryl methyl sites for hydroxylation is 1. The lowest BCUT2D eigenvalue weighted by atomic mass is 10.0. The predicted octanol–water partition coefficient (Wildman–Crippen LogP) is 6.21. The molecule has 6 rings (SSSR count). The summed E-state index contributed by atoms with van der Waals surface area (Å²) in [6, 6.07) is 13.8. The molecule has 1 fully saturated rings. The number of hydrogen-bond acceptors (Lipinski definition) is 6. The van der Waals surface area contributed by atoms with Gasteiger partial charge in [-0.1, -0.05) is 30.3 Å². The molecule has 0 radical (unpaired) electrons. The van der Waals surface area contributed by atoms with Crippen LogP contribution in [0.4, 0.5) is 18.0 Å². The molecule has 8 nitrogen and oxygen atoms in total. The van der Waals surface area contributed by atoms with Crippen LogP contribution in [0.1, 0.15) is 35.0 Å². The molecule has 0 aliphatic carbocycles. The standard InChI is InChI=1S/C30H27F3N6O2S/c1-18-28(42-17-20-6-4-3-5-7-20)19(2)38(36-18)24-13-27(29(33)34-14-24)41-25-15-37(16-25)30(40)39-26(8-9-35-39)21-10-22(31)12-23(32)11-21/h3-7,9-14,25-26H,8,15-17H2,1-2H3/t26-/m0/s1. The number of carbonyl (C=O) groups is 1. The largest absolute Gasteiger partial charge is 0.482 e. The third-order valence-corrected chi connectivity index (χ3v) is 8.55. The van der Waals surface area contributed by atoms with Crippen LogP contribution >= 0.6 is 11.8 Å². The van der Waals surface area contributed by atoms with E-state index in [2.05, 4.69) is 27.3 Å². The second-order valence-corrected chi connectivity index (χ2v) is 11.2. The zero-order chi connectivity index (χ0) is 29.4. The summed E-state index contributed by atoms with van der Waals surface area (Å²) in [5, 5.41) is 9.99. The van der Waals surface area contributed by atoms with E-state index in [0.717, 1.165) is 28.1 Å². The number of halogens is 3. The van der Waals surface area contributed by atoms with E-state index in [1.54, 1.807) is 22.5 Å². The molecular formula is C30H27F3N6O2S. The summed E-state index contributed by atoms with van der Waals surface area (Å²) in [5.41, 5.74) is 3.85. The van der Waals surface area contributed by atoms with Crippen LogP contribution in [0.2, 0.25) is 0 Å². The van der Waals surface area contributed by atoms with Gasteiger partial charge in [-0.15, -0.1) is 11.8 Å². The number of pyridine rings is 1. The monoisotopic (exact) mass is 592 g/mol. The van der Waals surface area contributed by atoms with E-state index in [1.807, 2.05) is 32.0 Å². The third-order valence-electron chi connectivity index (χ3n) is 7.20. The fourth-order valence-electron chi connectivity index (χ4n) is 5.07. The number of hydrazone groups is 1. The van der Waals surface area contributed by atoms with Crippen molar-refractivity contribution in [3.63, 3.8) is 0 Å². The summed E-state index contributed by atoms with van der Waals surface area (Å²) in [7, 11) is 0. The molecule has 0 N–H and O–H groups in total. The van der Waals surface area contributed by atoms with E-state index in [-0.39, 0.29) is 18.8 Å². The van der Waals surface area contributed by atoms with Gasteiger partial charge in [-0.2, -0.15) is 14.6 Å². The van der Waals surface area contributed by atoms with Gasteiger partial charge < -0.3 is 9.64 Å². The molecule has 42 heavy (non-hydrogen) atoms. The van der Waals surface area contributed by atoms with Crippen molar-refractivity contribution in [3.05, 3.63) is 101 Å². The Kier molecular flexibility index (Phi) is 7.63. The van der Waals surface area contributed by atoms with Crippen LogP contribution in [0, 0.1) is 31.4 Å². The molecule has 12 heteroatoms. The molecule has 4 aromatic rings. The summed E-state index contributed by atoms with van der Waals surface area (Å²) in [6.45, 7) is 4.28. The van der Waals surface area contributed by atoms with Crippen LogP contribution < -0.4 is 4.74 Å². The topological polar surface area (TPSA) is 75.8 Å². The number of rotatable bonds is 7. The summed E-state index contributed by atoms with van der Waals surface area (Å²) >= 11 is 1.69. The molecule has 2 aliphatic heterocycles. The normalized spacial score (nSPS) is 16.6. The van der Waals surface area contributed by atoms with Crippen molar-refractivity contribution in [1.82, 2.24) is 24.7 Å². The third kappa shape index (κ3) is 5.58. The van der Waals surface area contributed by atoms with Crippen molar-refractivity contribution in [2.75, 3.05) is 13.1 Å². The zero-order valence-corrected chi connectivity index (χ0v) is 23.7. The van der Waals surface area contributed by atoms with Crippen molar-refractivity contribution < 1.29 is 22.7 Å². The Labute approximate surface area is 244 Å². The Bertz CT molecular complexity index is 1640. The molecule has 0 bridgehead atoms. The fraction of sp³-hybridized carbons (Fsp3) is 0.267. The molecule has 2 aromatic carbocycles. The average molecular weight is 593 g/mol. The highest BCUT2D eigenvalue weighted by Gasteiger charge is 2.39. The molecule has 4 heterocycles. The van der Waals surface area contributed by atoms with E-state index in [0.29, 0.717) is 17.7 Å². The molecule has 216 valence electrons. The summed E-state index contributed by atoms with van der Waals surface area (Å²) < 4.78 is 49.8. The number of aromatic nitrogens is 3. The quantitative estimate of drug-likeness (QED) is 0.189. The second-order valence-electron chi connectivity index (χ2n) is 10.2. The minimum absolute atomic E-state index is 0.0389. The molecule has 2 amide bonds. The Balaban J connectivity index is 1.11. The van der Waals surface area contributed by atoms with Gasteiger partial charge in [-0.3, -0.25) is 0 Å². The van der Waals surface area contributed by atoms with Crippen molar-refractivity contribution in [3.8, 4) is 11.4 Å². The molecule has 2 aromatic heterocycles. The minimum Gasteiger partial charge on any atom is -0.482 e. The van der Waals surface area contributed by atoms with Gasteiger partial charge in [0.15, 0.2) is 5.75 Å². The van der Waals surface area contributed by atoms with Gasteiger partial charge in [-0.25, -0.2) is 28.3 Å². The van der Waals surface area contributed by atoms with Gasteiger partial charge in [0.05, 0.1) is 47.3 Å². The SMILES string of the molecule is Cc1nn(-c2cnc(F)c(OC3CN(C(=O)N4N=CC[C@H]4c4cc(F)cc(F)c4)C3)c2)c(C)c1SCc1ccccc1. The number of ether oxygens (including phenoxy) is 1. The van der Waals surface area contributed by atoms with Gasteiger partial charge in [0, 0.05) is 30.5 Å². The lowest BCUT2D eigenvalue weighted by Crippen LogP contribution is -2.58. The highest BCUT2D eigenvalue weighted by molar-refractivity contribution is 7.98. The molecule has 0 spiro atoms. The van der Waals surface area contributed by atoms with E-state index < -0.39 is 35.8 Å². The first-order valence-electron chi connectivity index (χ1n) is 13.4. The van der Waals surface area contributed by atoms with Crippen LogP contribution in [0.25, 0.3) is 5.69 Å². The van der Waals surface area contributed by atoms with Gasteiger partial charge >= 0.3 is 6.03 Å². The van der Waals surface area contributed by atoms with Crippen LogP contribution in [0.5, 0.6) is 5.75 Å². The Morgan fingerprint density at radius 1 is 1.05 bits per heavy atom. The van der Waals surface area contributed by atoms with Crippen LogP contribution in [0.15, 0.2) is 70.8 Å². The van der Waals surface area contributed by atoms with Gasteiger partial charge in [0.25, 0.3) is 5.95 Å². The number of thioether (sulfide) groups is 1. The molecular weight excluding hydrogens is 565 g/mol. The average Bonchev–Trinajstić information content (AvgIpc) is 3.54.